The SMILES string of the molecule is CC/C=C\C/C=C\C/C=C\C/C=C\C/C=C\C/C=C\CCCCCCC(=O)OCC(O)COP(=O)(O)OCC(O)COP(=O)(O)OCC(COC(=O)CCCCCCCCC/C=C\C/C=C\C/C=C\C/C=C\C/C=C\CC)OC(=O)CCCCCCCCCCCCC. The highest BCUT2D eigenvalue weighted by Gasteiger charge is 2.29. The maximum absolute atomic E-state index is 12.9. The Morgan fingerprint density at radius 3 is 0.903 bits per heavy atom. The van der Waals surface area contributed by atoms with Crippen LogP contribution in [0.3, 0.4) is 0 Å². The summed E-state index contributed by atoms with van der Waals surface area (Å²) in [6, 6.07) is 0. The van der Waals surface area contributed by atoms with Gasteiger partial charge in [0.15, 0.2) is 6.10 Å². The van der Waals surface area contributed by atoms with Gasteiger partial charge in [-0.25, -0.2) is 9.13 Å². The average molecular weight is 1350 g/mol. The lowest BCUT2D eigenvalue weighted by atomic mass is 10.1. The van der Waals surface area contributed by atoms with Gasteiger partial charge in [-0.1, -0.05) is 264 Å². The highest BCUT2D eigenvalue weighted by molar-refractivity contribution is 7.47. The van der Waals surface area contributed by atoms with Gasteiger partial charge in [-0.15, -0.1) is 0 Å². The number of esters is 3. The molecule has 0 aliphatic rings. The van der Waals surface area contributed by atoms with E-state index in [2.05, 4.69) is 154 Å². The number of aliphatic hydroxyl groups excluding tert-OH is 2. The highest BCUT2D eigenvalue weighted by Crippen LogP contribution is 2.45. The highest BCUT2D eigenvalue weighted by atomic mass is 31.2. The fraction of sp³-hybridized carbons (Fsp3) is 0.667. The van der Waals surface area contributed by atoms with Crippen molar-refractivity contribution >= 4 is 33.6 Å². The summed E-state index contributed by atoms with van der Waals surface area (Å²) in [4.78, 5) is 58.4. The van der Waals surface area contributed by atoms with Crippen LogP contribution in [0.1, 0.15) is 265 Å². The summed E-state index contributed by atoms with van der Waals surface area (Å²) in [7, 11) is -9.79. The molecular formula is C75H126O16P2. The Morgan fingerprint density at radius 1 is 0.312 bits per heavy atom. The Hall–Kier alpha value is -4.31. The number of unbranched alkanes of at least 4 members (excludes halogenated alkanes) is 21. The molecule has 0 spiro atoms. The average Bonchev–Trinajstić information content (AvgIpc) is 2.44. The van der Waals surface area contributed by atoms with Crippen LogP contribution in [0.25, 0.3) is 0 Å². The van der Waals surface area contributed by atoms with E-state index >= 15 is 0 Å². The Bertz CT molecular complexity index is 2230. The molecule has 0 aromatic heterocycles. The van der Waals surface area contributed by atoms with Gasteiger partial charge in [0, 0.05) is 19.3 Å². The Kier molecular flexibility index (Phi) is 64.5. The molecule has 18 heteroatoms. The maximum atomic E-state index is 12.9. The van der Waals surface area contributed by atoms with E-state index < -0.39 is 91.5 Å². The first-order chi connectivity index (χ1) is 45.2. The van der Waals surface area contributed by atoms with Crippen LogP contribution >= 0.6 is 15.6 Å². The van der Waals surface area contributed by atoms with E-state index in [1.165, 1.54) is 38.5 Å². The zero-order chi connectivity index (χ0) is 68.1. The number of allylic oxidation sites excluding steroid dienone is 22. The van der Waals surface area contributed by atoms with Crippen LogP contribution in [-0.2, 0) is 55.8 Å². The molecular weight excluding hydrogens is 1220 g/mol. The number of hydrogen-bond acceptors (Lipinski definition) is 14. The number of aliphatic hydroxyl groups is 2. The second kappa shape index (κ2) is 67.7. The van der Waals surface area contributed by atoms with Gasteiger partial charge < -0.3 is 34.2 Å². The number of hydrogen-bond donors (Lipinski definition) is 4. The van der Waals surface area contributed by atoms with Gasteiger partial charge in [0.2, 0.25) is 0 Å². The van der Waals surface area contributed by atoms with Crippen LogP contribution in [0.15, 0.2) is 134 Å². The summed E-state index contributed by atoms with van der Waals surface area (Å²) in [5, 5.41) is 20.6. The van der Waals surface area contributed by atoms with Gasteiger partial charge in [-0.3, -0.25) is 32.5 Å². The molecule has 0 aliphatic heterocycles. The molecule has 0 saturated carbocycles. The number of phosphoric acid groups is 2. The topological polar surface area (TPSA) is 231 Å². The molecule has 16 nitrogen and oxygen atoms in total. The molecule has 93 heavy (non-hydrogen) atoms. The van der Waals surface area contributed by atoms with Crippen molar-refractivity contribution in [3.63, 3.8) is 0 Å². The van der Waals surface area contributed by atoms with Crippen LogP contribution < -0.4 is 0 Å². The van der Waals surface area contributed by atoms with Crippen LogP contribution in [0.4, 0.5) is 0 Å². The third-order valence-corrected chi connectivity index (χ3v) is 16.3. The molecule has 0 fully saturated rings. The predicted octanol–water partition coefficient (Wildman–Crippen LogP) is 20.0. The third-order valence-electron chi connectivity index (χ3n) is 14.4. The summed E-state index contributed by atoms with van der Waals surface area (Å²) < 4.78 is 60.9. The first kappa shape index (κ1) is 88.7. The normalized spacial score (nSPS) is 15.0. The first-order valence-corrected chi connectivity index (χ1v) is 38.5. The predicted molar refractivity (Wildman–Crippen MR) is 380 cm³/mol. The van der Waals surface area contributed by atoms with Gasteiger partial charge in [0.05, 0.1) is 26.4 Å². The van der Waals surface area contributed by atoms with Crippen molar-refractivity contribution in [2.75, 3.05) is 39.6 Å². The zero-order valence-corrected chi connectivity index (χ0v) is 59.4. The van der Waals surface area contributed by atoms with Crippen molar-refractivity contribution < 1.29 is 75.8 Å². The number of phosphoric ester groups is 2. The quantitative estimate of drug-likeness (QED) is 0.0146. The molecule has 0 saturated heterocycles. The summed E-state index contributed by atoms with van der Waals surface area (Å²) in [6.07, 6.45) is 79.3. The summed E-state index contributed by atoms with van der Waals surface area (Å²) >= 11 is 0. The van der Waals surface area contributed by atoms with E-state index in [1.54, 1.807) is 0 Å². The van der Waals surface area contributed by atoms with Gasteiger partial charge in [-0.2, -0.15) is 0 Å². The second-order valence-corrected chi connectivity index (χ2v) is 26.2. The largest absolute Gasteiger partial charge is 0.472 e. The van der Waals surface area contributed by atoms with E-state index in [1.807, 2.05) is 0 Å². The van der Waals surface area contributed by atoms with Gasteiger partial charge in [0.25, 0.3) is 0 Å². The summed E-state index contributed by atoms with van der Waals surface area (Å²) in [5.41, 5.74) is 0. The smallest absolute Gasteiger partial charge is 0.463 e. The number of carbonyl (C=O) groups excluding carboxylic acids is 3. The lowest BCUT2D eigenvalue weighted by molar-refractivity contribution is -0.161. The minimum Gasteiger partial charge on any atom is -0.463 e. The van der Waals surface area contributed by atoms with Crippen LogP contribution in [0.5, 0.6) is 0 Å². The molecule has 5 unspecified atom stereocenters. The number of carbonyl (C=O) groups is 3. The first-order valence-electron chi connectivity index (χ1n) is 35.5. The standard InChI is InChI=1S/C75H126O16P2/c1-4-7-10-13-16-19-22-24-26-28-30-32-34-36-38-40-42-44-47-49-52-55-58-61-73(78)85-64-70(76)65-87-92(81,82)88-66-71(77)67-89-93(83,84)90-69-72(91-75(80)63-60-57-54-51-46-21-18-15-12-9-6-3)68-86-74(79)62-59-56-53-50-48-45-43-41-39-37-35-33-31-29-27-25-23-20-17-14-11-8-5-2/h7-8,10-11,16-17,19-20,24-27,30-33,36-39,42,44,70-72,76-77H,4-6,9,12-15,18,21-23,28-29,34-35,40-41,43,45-69H2,1-3H3,(H,81,82)(H,83,84)/b10-7-,11-8-,19-16-,20-17-,26-24-,27-25-,32-30-,33-31-,38-36-,39-37-,44-42-. The molecule has 0 aliphatic carbocycles. The van der Waals surface area contributed by atoms with Gasteiger partial charge in [0.1, 0.15) is 25.4 Å². The molecule has 532 valence electrons. The molecule has 0 amide bonds. The number of rotatable bonds is 66. The molecule has 0 bridgehead atoms. The maximum Gasteiger partial charge on any atom is 0.472 e. The minimum absolute atomic E-state index is 0.100. The van der Waals surface area contributed by atoms with Crippen molar-refractivity contribution in [2.24, 2.45) is 0 Å². The van der Waals surface area contributed by atoms with Crippen molar-refractivity contribution in [1.82, 2.24) is 0 Å². The van der Waals surface area contributed by atoms with Crippen molar-refractivity contribution in [1.29, 1.82) is 0 Å². The molecule has 4 N–H and O–H groups in total. The number of ether oxygens (including phenoxy) is 3. The Labute approximate surface area is 563 Å². The second-order valence-electron chi connectivity index (χ2n) is 23.3. The Balaban J connectivity index is 4.60. The van der Waals surface area contributed by atoms with E-state index in [-0.39, 0.29) is 19.3 Å². The summed E-state index contributed by atoms with van der Waals surface area (Å²) in [5.74, 6) is -1.61. The van der Waals surface area contributed by atoms with Gasteiger partial charge >= 0.3 is 33.6 Å². The van der Waals surface area contributed by atoms with Gasteiger partial charge in [-0.05, 0) is 116 Å². The lowest BCUT2D eigenvalue weighted by Gasteiger charge is -2.21. The fourth-order valence-electron chi connectivity index (χ4n) is 9.01. The van der Waals surface area contributed by atoms with Crippen molar-refractivity contribution in [3.8, 4) is 0 Å². The molecule has 0 heterocycles. The third kappa shape index (κ3) is 68.9. The van der Waals surface area contributed by atoms with Crippen molar-refractivity contribution in [2.45, 2.75) is 283 Å². The van der Waals surface area contributed by atoms with Crippen LogP contribution in [0.2, 0.25) is 0 Å². The Morgan fingerprint density at radius 2 is 0.570 bits per heavy atom. The molecule has 5 atom stereocenters. The minimum atomic E-state index is -4.93. The van der Waals surface area contributed by atoms with E-state index in [0.717, 1.165) is 167 Å². The molecule has 0 radical (unpaired) electrons. The molecule has 0 aromatic rings. The van der Waals surface area contributed by atoms with Crippen LogP contribution in [0, 0.1) is 0 Å². The van der Waals surface area contributed by atoms with Crippen LogP contribution in [-0.4, -0.2) is 95.9 Å². The molecule has 0 rings (SSSR count). The molecule has 0 aromatic carbocycles. The van der Waals surface area contributed by atoms with E-state index in [9.17, 15) is 43.5 Å². The van der Waals surface area contributed by atoms with E-state index in [0.29, 0.717) is 19.3 Å². The monoisotopic (exact) mass is 1340 g/mol. The fourth-order valence-corrected chi connectivity index (χ4v) is 10.6. The van der Waals surface area contributed by atoms with E-state index in [4.69, 9.17) is 32.3 Å². The summed E-state index contributed by atoms with van der Waals surface area (Å²) in [6.45, 7) is 2.38. The zero-order valence-electron chi connectivity index (χ0n) is 57.6. The lowest BCUT2D eigenvalue weighted by Crippen LogP contribution is -2.30. The van der Waals surface area contributed by atoms with Crippen molar-refractivity contribution in [3.05, 3.63) is 134 Å².